The van der Waals surface area contributed by atoms with Crippen LogP contribution in [0.3, 0.4) is 0 Å². The number of ether oxygens (including phenoxy) is 4. The molecule has 2 heterocycles. The number of aliphatic imine (C=N–C) groups is 1. The Morgan fingerprint density at radius 2 is 1.81 bits per heavy atom. The maximum absolute atomic E-state index is 12.9. The zero-order valence-electron chi connectivity index (χ0n) is 21.5. The minimum absolute atomic E-state index is 0.0431. The van der Waals surface area contributed by atoms with E-state index >= 15 is 0 Å². The summed E-state index contributed by atoms with van der Waals surface area (Å²) in [6.07, 6.45) is 4.67. The monoisotopic (exact) mass is 499 g/mol. The first kappa shape index (κ1) is 26.0. The fourth-order valence-corrected chi connectivity index (χ4v) is 5.08. The van der Waals surface area contributed by atoms with Crippen molar-refractivity contribution in [3.63, 3.8) is 0 Å². The van der Waals surface area contributed by atoms with E-state index in [0.717, 1.165) is 51.0 Å². The van der Waals surface area contributed by atoms with E-state index < -0.39 is 6.10 Å². The molecule has 1 amide bonds. The molecule has 4 rings (SSSR count). The number of nitrogens with zero attached hydrogens (tertiary/aromatic N) is 4. The number of nitriles is 1. The lowest BCUT2D eigenvalue weighted by Gasteiger charge is -2.29. The van der Waals surface area contributed by atoms with Gasteiger partial charge >= 0.3 is 0 Å². The second-order valence-electron chi connectivity index (χ2n) is 9.36. The zero-order valence-corrected chi connectivity index (χ0v) is 21.5. The molecule has 1 atom stereocenters. The Kier molecular flexibility index (Phi) is 8.88. The fourth-order valence-electron chi connectivity index (χ4n) is 5.08. The average Bonchev–Trinajstić information content (AvgIpc) is 3.30. The van der Waals surface area contributed by atoms with Gasteiger partial charge in [0.2, 0.25) is 5.75 Å². The Balaban J connectivity index is 1.52. The molecular formula is C26H37N5O5. The Bertz CT molecular complexity index is 995. The van der Waals surface area contributed by atoms with Gasteiger partial charge in [0, 0.05) is 39.3 Å². The number of nitrogens with one attached hydrogen (secondary N) is 1. The number of rotatable bonds is 6. The Hall–Kier alpha value is -3.03. The summed E-state index contributed by atoms with van der Waals surface area (Å²) in [5, 5.41) is 13.1. The standard InChI is InChI=1S/C26H37N5O5/c1-18(30-10-6-11-31(13-12-30)26(32)22-17-28-9-14-35-22)29-21-15-19(16-27)23(25(34-3)24(21)33-2)36-20-7-4-5-8-20/h15,20,22,28H,4-14,17H2,1-3H3. The Morgan fingerprint density at radius 1 is 1.08 bits per heavy atom. The zero-order chi connectivity index (χ0) is 25.5. The van der Waals surface area contributed by atoms with Crippen LogP contribution in [-0.2, 0) is 9.53 Å². The molecule has 2 saturated heterocycles. The van der Waals surface area contributed by atoms with Crippen LogP contribution in [0.2, 0.25) is 0 Å². The fraction of sp³-hybridized carbons (Fsp3) is 0.654. The first-order valence-corrected chi connectivity index (χ1v) is 12.8. The molecule has 1 aliphatic carbocycles. The molecule has 3 aliphatic rings. The van der Waals surface area contributed by atoms with Crippen LogP contribution < -0.4 is 19.5 Å². The van der Waals surface area contributed by atoms with Gasteiger partial charge in [-0.15, -0.1) is 0 Å². The largest absolute Gasteiger partial charge is 0.491 e. The molecule has 10 nitrogen and oxygen atoms in total. The summed E-state index contributed by atoms with van der Waals surface area (Å²) in [4.78, 5) is 21.8. The van der Waals surface area contributed by atoms with Crippen LogP contribution >= 0.6 is 0 Å². The third kappa shape index (κ3) is 5.85. The Labute approximate surface area is 213 Å². The number of amidine groups is 1. The van der Waals surface area contributed by atoms with Crippen LogP contribution in [0.1, 0.15) is 44.6 Å². The molecule has 10 heteroatoms. The van der Waals surface area contributed by atoms with E-state index in [0.29, 0.717) is 61.3 Å². The molecule has 36 heavy (non-hydrogen) atoms. The summed E-state index contributed by atoms with van der Waals surface area (Å²) in [5.74, 6) is 2.08. The molecule has 196 valence electrons. The third-order valence-electron chi connectivity index (χ3n) is 7.04. The molecule has 1 unspecified atom stereocenters. The van der Waals surface area contributed by atoms with Gasteiger partial charge in [-0.2, -0.15) is 5.26 Å². The van der Waals surface area contributed by atoms with Crippen LogP contribution in [0.5, 0.6) is 17.2 Å². The molecular weight excluding hydrogens is 462 g/mol. The van der Waals surface area contributed by atoms with E-state index in [1.807, 2.05) is 11.8 Å². The van der Waals surface area contributed by atoms with Crippen LogP contribution in [0.4, 0.5) is 5.69 Å². The van der Waals surface area contributed by atoms with Gasteiger partial charge in [-0.25, -0.2) is 4.99 Å². The summed E-state index contributed by atoms with van der Waals surface area (Å²) in [6.45, 7) is 6.56. The highest BCUT2D eigenvalue weighted by atomic mass is 16.5. The van der Waals surface area contributed by atoms with E-state index in [1.165, 1.54) is 0 Å². The molecule has 1 aromatic carbocycles. The van der Waals surface area contributed by atoms with Gasteiger partial charge in [-0.3, -0.25) is 4.79 Å². The van der Waals surface area contributed by atoms with E-state index in [2.05, 4.69) is 16.3 Å². The first-order chi connectivity index (χ1) is 17.5. The van der Waals surface area contributed by atoms with Crippen molar-refractivity contribution in [3.05, 3.63) is 11.6 Å². The number of hydrogen-bond donors (Lipinski definition) is 1. The highest BCUT2D eigenvalue weighted by molar-refractivity contribution is 5.85. The molecule has 0 aromatic heterocycles. The molecule has 1 N–H and O–H groups in total. The van der Waals surface area contributed by atoms with Crippen LogP contribution in [0, 0.1) is 11.3 Å². The molecule has 1 aromatic rings. The lowest BCUT2D eigenvalue weighted by molar-refractivity contribution is -0.145. The van der Waals surface area contributed by atoms with Crippen molar-refractivity contribution in [1.82, 2.24) is 15.1 Å². The van der Waals surface area contributed by atoms with Gasteiger partial charge in [0.15, 0.2) is 11.5 Å². The Morgan fingerprint density at radius 3 is 2.47 bits per heavy atom. The predicted molar refractivity (Wildman–Crippen MR) is 135 cm³/mol. The summed E-state index contributed by atoms with van der Waals surface area (Å²) >= 11 is 0. The predicted octanol–water partition coefficient (Wildman–Crippen LogP) is 2.47. The second kappa shape index (κ2) is 12.3. The van der Waals surface area contributed by atoms with Gasteiger partial charge in [-0.1, -0.05) is 0 Å². The minimum atomic E-state index is -0.411. The quantitative estimate of drug-likeness (QED) is 0.470. The normalized spacial score (nSPS) is 21.6. The number of methoxy groups -OCH3 is 2. The molecule has 0 radical (unpaired) electrons. The highest BCUT2D eigenvalue weighted by Gasteiger charge is 2.29. The minimum Gasteiger partial charge on any atom is -0.491 e. The van der Waals surface area contributed by atoms with Crippen LogP contribution in [-0.4, -0.2) is 93.8 Å². The van der Waals surface area contributed by atoms with E-state index in [-0.39, 0.29) is 12.0 Å². The molecule has 1 saturated carbocycles. The number of benzene rings is 1. The van der Waals surface area contributed by atoms with Crippen molar-refractivity contribution < 1.29 is 23.7 Å². The maximum Gasteiger partial charge on any atom is 0.253 e. The van der Waals surface area contributed by atoms with E-state index in [4.69, 9.17) is 23.9 Å². The second-order valence-corrected chi connectivity index (χ2v) is 9.36. The highest BCUT2D eigenvalue weighted by Crippen LogP contribution is 2.47. The summed E-state index contributed by atoms with van der Waals surface area (Å²) in [6, 6.07) is 3.95. The van der Waals surface area contributed by atoms with Crippen molar-refractivity contribution >= 4 is 17.4 Å². The molecule has 3 fully saturated rings. The number of morpholine rings is 1. The van der Waals surface area contributed by atoms with Crippen molar-refractivity contribution in [3.8, 4) is 23.3 Å². The summed E-state index contributed by atoms with van der Waals surface area (Å²) < 4.78 is 23.2. The van der Waals surface area contributed by atoms with Gasteiger partial charge in [0.25, 0.3) is 5.91 Å². The first-order valence-electron chi connectivity index (χ1n) is 12.8. The van der Waals surface area contributed by atoms with Crippen molar-refractivity contribution in [2.45, 2.75) is 51.2 Å². The number of carbonyl (C=O) groups excluding carboxylic acids is 1. The lowest BCUT2D eigenvalue weighted by Crippen LogP contribution is -2.50. The van der Waals surface area contributed by atoms with Gasteiger partial charge < -0.3 is 34.1 Å². The van der Waals surface area contributed by atoms with E-state index in [9.17, 15) is 10.1 Å². The number of carbonyl (C=O) groups is 1. The summed E-state index contributed by atoms with van der Waals surface area (Å²) in [7, 11) is 3.11. The van der Waals surface area contributed by atoms with Crippen molar-refractivity contribution in [2.24, 2.45) is 4.99 Å². The summed E-state index contributed by atoms with van der Waals surface area (Å²) in [5.41, 5.74) is 0.890. The topological polar surface area (TPSA) is 109 Å². The van der Waals surface area contributed by atoms with Crippen molar-refractivity contribution in [1.29, 1.82) is 5.26 Å². The lowest BCUT2D eigenvalue weighted by atomic mass is 10.1. The molecule has 0 bridgehead atoms. The average molecular weight is 500 g/mol. The number of amides is 1. The van der Waals surface area contributed by atoms with Gasteiger partial charge in [0.1, 0.15) is 29.3 Å². The van der Waals surface area contributed by atoms with Gasteiger partial charge in [0.05, 0.1) is 26.9 Å². The SMILES string of the molecule is COc1c(N=C(C)N2CCCN(C(=O)C3CNCCO3)CC2)cc(C#N)c(OC2CCCC2)c1OC. The smallest absolute Gasteiger partial charge is 0.253 e. The molecule has 0 spiro atoms. The number of hydrogen-bond acceptors (Lipinski definition) is 8. The van der Waals surface area contributed by atoms with Crippen LogP contribution in [0.25, 0.3) is 0 Å². The van der Waals surface area contributed by atoms with E-state index in [1.54, 1.807) is 20.3 Å². The third-order valence-corrected chi connectivity index (χ3v) is 7.04. The van der Waals surface area contributed by atoms with Gasteiger partial charge in [-0.05, 0) is 45.1 Å². The van der Waals surface area contributed by atoms with Crippen LogP contribution in [0.15, 0.2) is 11.1 Å². The molecule has 2 aliphatic heterocycles. The maximum atomic E-state index is 12.9. The van der Waals surface area contributed by atoms with Crippen molar-refractivity contribution in [2.75, 3.05) is 60.1 Å².